The van der Waals surface area contributed by atoms with Gasteiger partial charge in [-0.3, -0.25) is 0 Å². The summed E-state index contributed by atoms with van der Waals surface area (Å²) in [6.07, 6.45) is 0. The zero-order valence-electron chi connectivity index (χ0n) is 8.36. The van der Waals surface area contributed by atoms with Crippen LogP contribution in [0.15, 0.2) is 60.7 Å². The van der Waals surface area contributed by atoms with Gasteiger partial charge in [-0.1, -0.05) is 0 Å². The molecule has 2 aromatic rings. The first-order valence-electron chi connectivity index (χ1n) is 4.70. The zero-order chi connectivity index (χ0) is 10.7. The quantitative estimate of drug-likeness (QED) is 0.566. The molecule has 0 bridgehead atoms. The molecule has 4 heteroatoms. The molecule has 0 amide bonds. The minimum atomic E-state index is -2.51. The Bertz CT molecular complexity index is 390. The second-order valence-electron chi connectivity index (χ2n) is 3.31. The van der Waals surface area contributed by atoms with Gasteiger partial charge in [-0.05, 0) is 0 Å². The van der Waals surface area contributed by atoms with E-state index in [-0.39, 0.29) is 19.5 Å². The van der Waals surface area contributed by atoms with E-state index in [9.17, 15) is 0 Å². The average Bonchev–Trinajstić information content (AvgIpc) is 2.31. The molecule has 0 atom stereocenters. The molecule has 0 N–H and O–H groups in total. The van der Waals surface area contributed by atoms with Crippen molar-refractivity contribution < 1.29 is 19.5 Å². The fourth-order valence-corrected chi connectivity index (χ4v) is 4.53. The predicted molar refractivity (Wildman–Crippen MR) is 72.2 cm³/mol. The molecule has 0 saturated heterocycles. The molecule has 0 aliphatic heterocycles. The van der Waals surface area contributed by atoms with Crippen molar-refractivity contribution in [3.8, 4) is 0 Å². The molecule has 87 valence electrons. The molecule has 0 heterocycles. The summed E-state index contributed by atoms with van der Waals surface area (Å²) in [6, 6.07) is 19.7. The van der Waals surface area contributed by atoms with Crippen molar-refractivity contribution in [3.05, 3.63) is 60.7 Å². The summed E-state index contributed by atoms with van der Waals surface area (Å²) in [4.78, 5) is 0. The molecule has 0 spiro atoms. The van der Waals surface area contributed by atoms with Gasteiger partial charge in [0.1, 0.15) is 0 Å². The normalized spacial score (nSPS) is 11.6. The van der Waals surface area contributed by atoms with E-state index >= 15 is 0 Å². The molecule has 2 aromatic carbocycles. The third kappa shape index (κ3) is 3.05. The van der Waals surface area contributed by atoms with Gasteiger partial charge in [0.05, 0.1) is 0 Å². The third-order valence-corrected chi connectivity index (χ3v) is 7.01. The first-order valence-corrected chi connectivity index (χ1v) is 8.72. The standard InChI is InChI=1S/C12H11Cl2P.Rh/c13-15(14,11-7-3-1-4-8-11)12-9-5-2-6-10-12;/h1-10,15H;. The van der Waals surface area contributed by atoms with Crippen molar-refractivity contribution in [1.29, 1.82) is 0 Å². The fraction of sp³-hybridized carbons (Fsp3) is 0. The summed E-state index contributed by atoms with van der Waals surface area (Å²) in [5.41, 5.74) is 0. The van der Waals surface area contributed by atoms with Crippen molar-refractivity contribution in [2.75, 3.05) is 0 Å². The SMILES string of the molecule is Cl[PH](Cl)(c1ccccc1)c1ccccc1.[Rh]. The molecular weight excluding hydrogens is 349 g/mol. The van der Waals surface area contributed by atoms with Gasteiger partial charge in [0, 0.05) is 19.5 Å². The van der Waals surface area contributed by atoms with Crippen molar-refractivity contribution in [1.82, 2.24) is 0 Å². The first-order chi connectivity index (χ1) is 7.21. The van der Waals surface area contributed by atoms with E-state index in [2.05, 4.69) is 0 Å². The summed E-state index contributed by atoms with van der Waals surface area (Å²) < 4.78 is 0. The van der Waals surface area contributed by atoms with Crippen LogP contribution in [0.1, 0.15) is 0 Å². The number of hydrogen-bond donors (Lipinski definition) is 0. The van der Waals surface area contributed by atoms with Crippen LogP contribution in [-0.4, -0.2) is 0 Å². The maximum absolute atomic E-state index is 6.49. The number of benzene rings is 2. The first kappa shape index (κ1) is 14.1. The van der Waals surface area contributed by atoms with Gasteiger partial charge in [-0.2, -0.15) is 0 Å². The van der Waals surface area contributed by atoms with Crippen molar-refractivity contribution >= 4 is 39.1 Å². The molecule has 0 aliphatic rings. The molecule has 0 saturated carbocycles. The summed E-state index contributed by atoms with van der Waals surface area (Å²) in [5.74, 6) is -2.51. The molecule has 16 heavy (non-hydrogen) atoms. The van der Waals surface area contributed by atoms with Crippen LogP contribution in [0.2, 0.25) is 0 Å². The Morgan fingerprint density at radius 1 is 0.625 bits per heavy atom. The van der Waals surface area contributed by atoms with Crippen LogP contribution in [0.4, 0.5) is 0 Å². The summed E-state index contributed by atoms with van der Waals surface area (Å²) in [7, 11) is 0. The van der Waals surface area contributed by atoms with Crippen molar-refractivity contribution in [3.63, 3.8) is 0 Å². The number of rotatable bonds is 2. The number of halogens is 2. The summed E-state index contributed by atoms with van der Waals surface area (Å²) in [5, 5.41) is 2.05. The van der Waals surface area contributed by atoms with Crippen LogP contribution >= 0.6 is 28.4 Å². The van der Waals surface area contributed by atoms with Crippen LogP contribution in [-0.2, 0) is 19.5 Å². The van der Waals surface area contributed by atoms with Gasteiger partial charge in [0.2, 0.25) is 0 Å². The minimum absolute atomic E-state index is 0. The Kier molecular flexibility index (Phi) is 5.41. The second-order valence-corrected chi connectivity index (χ2v) is 9.59. The molecule has 0 aromatic heterocycles. The largest absolute Gasteiger partial charge is 0 e. The molecule has 1 radical (unpaired) electrons. The Balaban J connectivity index is 0.00000128. The van der Waals surface area contributed by atoms with Gasteiger partial charge >= 0.3 is 99.7 Å². The molecule has 0 aliphatic carbocycles. The van der Waals surface area contributed by atoms with Crippen LogP contribution < -0.4 is 10.6 Å². The van der Waals surface area contributed by atoms with E-state index in [0.717, 1.165) is 10.6 Å². The summed E-state index contributed by atoms with van der Waals surface area (Å²) >= 11 is 13.0. The van der Waals surface area contributed by atoms with E-state index < -0.39 is 5.97 Å². The van der Waals surface area contributed by atoms with Gasteiger partial charge in [0.25, 0.3) is 0 Å². The van der Waals surface area contributed by atoms with Crippen LogP contribution in [0.25, 0.3) is 0 Å². The Morgan fingerprint density at radius 2 is 0.938 bits per heavy atom. The molecule has 0 nitrogen and oxygen atoms in total. The van der Waals surface area contributed by atoms with E-state index in [1.54, 1.807) is 0 Å². The topological polar surface area (TPSA) is 0 Å². The van der Waals surface area contributed by atoms with Crippen molar-refractivity contribution in [2.24, 2.45) is 0 Å². The third-order valence-electron chi connectivity index (χ3n) is 2.27. The van der Waals surface area contributed by atoms with E-state index in [0.29, 0.717) is 0 Å². The smallest absolute Gasteiger partial charge is 0 e. The van der Waals surface area contributed by atoms with Gasteiger partial charge in [-0.25, -0.2) is 0 Å². The van der Waals surface area contributed by atoms with E-state index in [4.69, 9.17) is 22.5 Å². The Hall–Kier alpha value is 0.0734. The maximum Gasteiger partial charge on any atom is 0 e. The average molecular weight is 360 g/mol. The van der Waals surface area contributed by atoms with Crippen LogP contribution in [0.5, 0.6) is 0 Å². The van der Waals surface area contributed by atoms with E-state index in [1.807, 2.05) is 60.7 Å². The Morgan fingerprint density at radius 3 is 1.25 bits per heavy atom. The minimum Gasteiger partial charge on any atom is 0 e. The molecule has 0 unspecified atom stereocenters. The summed E-state index contributed by atoms with van der Waals surface area (Å²) in [6.45, 7) is 0. The van der Waals surface area contributed by atoms with Gasteiger partial charge in [-0.15, -0.1) is 0 Å². The van der Waals surface area contributed by atoms with Gasteiger partial charge < -0.3 is 0 Å². The maximum atomic E-state index is 6.49. The van der Waals surface area contributed by atoms with Crippen LogP contribution in [0, 0.1) is 0 Å². The molecule has 0 fully saturated rings. The number of hydrogen-bond acceptors (Lipinski definition) is 0. The van der Waals surface area contributed by atoms with Crippen LogP contribution in [0.3, 0.4) is 0 Å². The molecule has 2 rings (SSSR count). The molecular formula is C12H11Cl2PRh. The predicted octanol–water partition coefficient (Wildman–Crippen LogP) is 3.69. The second kappa shape index (κ2) is 6.13. The van der Waals surface area contributed by atoms with E-state index in [1.165, 1.54) is 0 Å². The zero-order valence-corrected chi connectivity index (χ0v) is 12.5. The Labute approximate surface area is 119 Å². The van der Waals surface area contributed by atoms with Crippen molar-refractivity contribution in [2.45, 2.75) is 0 Å². The monoisotopic (exact) mass is 359 g/mol. The fourth-order valence-electron chi connectivity index (χ4n) is 1.46. The van der Waals surface area contributed by atoms with Gasteiger partial charge in [0.15, 0.2) is 0 Å².